The zero-order valence-corrected chi connectivity index (χ0v) is 8.99. The smallest absolute Gasteiger partial charge is 0.369 e. The summed E-state index contributed by atoms with van der Waals surface area (Å²) in [5.74, 6) is 1.23. The lowest BCUT2D eigenvalue weighted by Crippen LogP contribution is -2.40. The molecule has 1 rings (SSSR count). The quantitative estimate of drug-likeness (QED) is 0.315. The fraction of sp³-hybridized carbons (Fsp3) is 0.200. The normalized spacial score (nSPS) is 12.9. The molecule has 1 aromatic rings. The van der Waals surface area contributed by atoms with E-state index in [1.165, 1.54) is 6.07 Å². The van der Waals surface area contributed by atoms with Gasteiger partial charge in [-0.25, -0.2) is 5.84 Å². The maximum Gasteiger partial charge on any atom is 0.416 e. The Labute approximate surface area is 99.9 Å². The molecule has 0 aliphatic carbocycles. The van der Waals surface area contributed by atoms with E-state index >= 15 is 0 Å². The van der Waals surface area contributed by atoms with Crippen molar-refractivity contribution >= 4 is 11.8 Å². The van der Waals surface area contributed by atoms with Crippen LogP contribution in [0.4, 0.5) is 13.2 Å². The van der Waals surface area contributed by atoms with E-state index in [1.807, 2.05) is 0 Å². The Morgan fingerprint density at radius 1 is 1.28 bits per heavy atom. The van der Waals surface area contributed by atoms with Crippen molar-refractivity contribution in [1.29, 1.82) is 0 Å². The molecule has 1 unspecified atom stereocenters. The molecule has 5 N–H and O–H groups in total. The second-order valence-corrected chi connectivity index (χ2v) is 3.47. The van der Waals surface area contributed by atoms with Gasteiger partial charge in [0.15, 0.2) is 0 Å². The van der Waals surface area contributed by atoms with Gasteiger partial charge < -0.3 is 5.73 Å². The molecule has 0 aromatic heterocycles. The van der Waals surface area contributed by atoms with Crippen molar-refractivity contribution in [3.63, 3.8) is 0 Å². The predicted molar refractivity (Wildman–Crippen MR) is 55.7 cm³/mol. The van der Waals surface area contributed by atoms with Crippen LogP contribution in [0.5, 0.6) is 0 Å². The first-order chi connectivity index (χ1) is 8.27. The van der Waals surface area contributed by atoms with Gasteiger partial charge in [-0.2, -0.15) is 13.2 Å². The minimum atomic E-state index is -4.57. The summed E-state index contributed by atoms with van der Waals surface area (Å²) in [5, 5.41) is 0. The van der Waals surface area contributed by atoms with Crippen LogP contribution < -0.4 is 17.0 Å². The molecule has 98 valence electrons. The third kappa shape index (κ3) is 2.98. The van der Waals surface area contributed by atoms with Crippen molar-refractivity contribution in [3.8, 4) is 0 Å². The zero-order valence-electron chi connectivity index (χ0n) is 8.99. The first-order valence-corrected chi connectivity index (χ1v) is 4.74. The van der Waals surface area contributed by atoms with Crippen LogP contribution in [0.1, 0.15) is 17.0 Å². The maximum atomic E-state index is 12.5. The van der Waals surface area contributed by atoms with Crippen LogP contribution in [0.2, 0.25) is 0 Å². The van der Waals surface area contributed by atoms with Crippen molar-refractivity contribution in [2.75, 3.05) is 0 Å². The van der Waals surface area contributed by atoms with E-state index in [-0.39, 0.29) is 5.56 Å². The standard InChI is InChI=1S/C10H10F3N3O2/c11-10(12,13)6-3-1-2-5(4-6)7(8(14)17)9(18)16-15/h1-4,7H,15H2,(H2,14,17)(H,16,18). The monoisotopic (exact) mass is 261 g/mol. The van der Waals surface area contributed by atoms with E-state index in [1.54, 1.807) is 5.43 Å². The van der Waals surface area contributed by atoms with Gasteiger partial charge in [0.25, 0.3) is 5.91 Å². The predicted octanol–water partition coefficient (Wildman–Crippen LogP) is 0.264. The van der Waals surface area contributed by atoms with E-state index in [0.717, 1.165) is 12.1 Å². The summed E-state index contributed by atoms with van der Waals surface area (Å²) in [4.78, 5) is 22.4. The molecule has 1 atom stereocenters. The highest BCUT2D eigenvalue weighted by Gasteiger charge is 2.33. The molecular weight excluding hydrogens is 251 g/mol. The number of hydrogen-bond donors (Lipinski definition) is 3. The summed E-state index contributed by atoms with van der Waals surface area (Å²) in [5.41, 5.74) is 5.51. The molecular formula is C10H10F3N3O2. The second-order valence-electron chi connectivity index (χ2n) is 3.47. The van der Waals surface area contributed by atoms with Gasteiger partial charge in [0.1, 0.15) is 5.92 Å². The summed E-state index contributed by atoms with van der Waals surface area (Å²) in [6.07, 6.45) is -4.57. The lowest BCUT2D eigenvalue weighted by Gasteiger charge is -2.14. The average molecular weight is 261 g/mol. The number of hydrazine groups is 1. The Hall–Kier alpha value is -2.09. The number of hydrogen-bond acceptors (Lipinski definition) is 3. The van der Waals surface area contributed by atoms with E-state index in [2.05, 4.69) is 0 Å². The number of amides is 2. The Balaban J connectivity index is 3.22. The SMILES string of the molecule is NNC(=O)C(C(N)=O)c1cccc(C(F)(F)F)c1. The molecule has 18 heavy (non-hydrogen) atoms. The molecule has 5 nitrogen and oxygen atoms in total. The van der Waals surface area contributed by atoms with Crippen LogP contribution in [-0.2, 0) is 15.8 Å². The van der Waals surface area contributed by atoms with Gasteiger partial charge in [0.2, 0.25) is 5.91 Å². The van der Waals surface area contributed by atoms with Crippen LogP contribution >= 0.6 is 0 Å². The Kier molecular flexibility index (Phi) is 3.92. The molecule has 0 radical (unpaired) electrons. The number of alkyl halides is 3. The minimum absolute atomic E-state index is 0.166. The Bertz CT molecular complexity index is 474. The minimum Gasteiger partial charge on any atom is -0.369 e. The zero-order chi connectivity index (χ0) is 13.9. The topological polar surface area (TPSA) is 98.2 Å². The van der Waals surface area contributed by atoms with Crippen LogP contribution in [-0.4, -0.2) is 11.8 Å². The number of benzene rings is 1. The molecule has 0 saturated carbocycles. The van der Waals surface area contributed by atoms with Gasteiger partial charge in [-0.1, -0.05) is 18.2 Å². The molecule has 0 heterocycles. The fourth-order valence-corrected chi connectivity index (χ4v) is 1.42. The average Bonchev–Trinajstić information content (AvgIpc) is 2.27. The van der Waals surface area contributed by atoms with Gasteiger partial charge >= 0.3 is 6.18 Å². The van der Waals surface area contributed by atoms with Crippen LogP contribution in [0, 0.1) is 0 Å². The largest absolute Gasteiger partial charge is 0.416 e. The number of halogens is 3. The molecule has 0 bridgehead atoms. The summed E-state index contributed by atoms with van der Waals surface area (Å²) in [6.45, 7) is 0. The highest BCUT2D eigenvalue weighted by molar-refractivity contribution is 6.04. The lowest BCUT2D eigenvalue weighted by molar-refractivity contribution is -0.138. The highest BCUT2D eigenvalue weighted by Crippen LogP contribution is 2.31. The number of rotatable bonds is 3. The molecule has 0 aliphatic rings. The first-order valence-electron chi connectivity index (χ1n) is 4.74. The van der Waals surface area contributed by atoms with Crippen LogP contribution in [0.3, 0.4) is 0 Å². The summed E-state index contributed by atoms with van der Waals surface area (Å²) in [6, 6.07) is 3.78. The van der Waals surface area contributed by atoms with Gasteiger partial charge in [-0.05, 0) is 11.6 Å². The Morgan fingerprint density at radius 2 is 1.89 bits per heavy atom. The third-order valence-corrected chi connectivity index (χ3v) is 2.24. The van der Waals surface area contributed by atoms with E-state index in [0.29, 0.717) is 6.07 Å². The van der Waals surface area contributed by atoms with Crippen molar-refractivity contribution in [2.24, 2.45) is 11.6 Å². The summed E-state index contributed by atoms with van der Waals surface area (Å²) in [7, 11) is 0. The van der Waals surface area contributed by atoms with Crippen LogP contribution in [0.15, 0.2) is 24.3 Å². The number of carbonyl (C=O) groups excluding carboxylic acids is 2. The number of carbonyl (C=O) groups is 2. The first kappa shape index (κ1) is 14.0. The Morgan fingerprint density at radius 3 is 2.33 bits per heavy atom. The van der Waals surface area contributed by atoms with Crippen molar-refractivity contribution in [2.45, 2.75) is 12.1 Å². The number of nitrogens with one attached hydrogen (secondary N) is 1. The van der Waals surface area contributed by atoms with E-state index < -0.39 is 29.5 Å². The number of primary amides is 1. The van der Waals surface area contributed by atoms with Crippen molar-refractivity contribution in [3.05, 3.63) is 35.4 Å². The molecule has 0 fully saturated rings. The molecule has 2 amide bonds. The van der Waals surface area contributed by atoms with E-state index in [9.17, 15) is 22.8 Å². The van der Waals surface area contributed by atoms with Gasteiger partial charge in [0, 0.05) is 0 Å². The third-order valence-electron chi connectivity index (χ3n) is 2.24. The van der Waals surface area contributed by atoms with Crippen molar-refractivity contribution < 1.29 is 22.8 Å². The second kappa shape index (κ2) is 5.05. The van der Waals surface area contributed by atoms with Gasteiger partial charge in [-0.3, -0.25) is 15.0 Å². The lowest BCUT2D eigenvalue weighted by atomic mass is 9.96. The van der Waals surface area contributed by atoms with Gasteiger partial charge in [0.05, 0.1) is 5.56 Å². The number of nitrogens with two attached hydrogens (primary N) is 2. The molecule has 0 saturated heterocycles. The molecule has 0 aliphatic heterocycles. The highest BCUT2D eigenvalue weighted by atomic mass is 19.4. The fourth-order valence-electron chi connectivity index (χ4n) is 1.42. The molecule has 0 spiro atoms. The van der Waals surface area contributed by atoms with Crippen molar-refractivity contribution in [1.82, 2.24) is 5.43 Å². The van der Waals surface area contributed by atoms with Crippen LogP contribution in [0.25, 0.3) is 0 Å². The molecule has 8 heteroatoms. The summed E-state index contributed by atoms with van der Waals surface area (Å²) >= 11 is 0. The van der Waals surface area contributed by atoms with Gasteiger partial charge in [-0.15, -0.1) is 0 Å². The summed E-state index contributed by atoms with van der Waals surface area (Å²) < 4.78 is 37.4. The maximum absolute atomic E-state index is 12.5. The van der Waals surface area contributed by atoms with E-state index in [4.69, 9.17) is 11.6 Å². The molecule has 1 aromatic carbocycles.